The number of aliphatic carboxylic acids is 1. The smallest absolute Gasteiger partial charge is 0.326 e. The highest BCUT2D eigenvalue weighted by Crippen LogP contribution is 2.40. The summed E-state index contributed by atoms with van der Waals surface area (Å²) in [6, 6.07) is 7.06. The van der Waals surface area contributed by atoms with Gasteiger partial charge in [-0.05, 0) is 50.5 Å². The SMILES string of the molecule is CC(NC(CCc1ccccc1)C(=O)OCCOCCO[N+](=O)[O-])C(=O)N1C(C(=O)O)CC2CCCCC21. The second-order valence-corrected chi connectivity index (χ2v) is 9.75. The molecule has 1 saturated heterocycles. The molecule has 1 aromatic carbocycles. The molecule has 2 N–H and O–H groups in total. The number of benzene rings is 1. The first-order valence-electron chi connectivity index (χ1n) is 13.1. The van der Waals surface area contributed by atoms with Gasteiger partial charge in [-0.2, -0.15) is 0 Å². The molecular formula is C26H37N3O9. The summed E-state index contributed by atoms with van der Waals surface area (Å²) in [5.41, 5.74) is 1.02. The number of ether oxygens (including phenoxy) is 2. The normalized spacial score (nSPS) is 22.2. The number of rotatable bonds is 15. The van der Waals surface area contributed by atoms with E-state index in [1.54, 1.807) is 6.92 Å². The Morgan fingerprint density at radius 2 is 1.84 bits per heavy atom. The van der Waals surface area contributed by atoms with Crippen molar-refractivity contribution in [3.8, 4) is 0 Å². The van der Waals surface area contributed by atoms with Crippen LogP contribution < -0.4 is 5.32 Å². The topological polar surface area (TPSA) is 158 Å². The summed E-state index contributed by atoms with van der Waals surface area (Å²) in [6.45, 7) is 1.36. The molecule has 1 aliphatic heterocycles. The quantitative estimate of drug-likeness (QED) is 0.147. The molecule has 5 atom stereocenters. The number of esters is 1. The van der Waals surface area contributed by atoms with Crippen molar-refractivity contribution in [2.75, 3.05) is 26.4 Å². The Balaban J connectivity index is 1.60. The maximum atomic E-state index is 13.5. The lowest BCUT2D eigenvalue weighted by atomic mass is 9.84. The maximum Gasteiger partial charge on any atom is 0.326 e. The zero-order chi connectivity index (χ0) is 27.5. The monoisotopic (exact) mass is 535 g/mol. The van der Waals surface area contributed by atoms with Gasteiger partial charge in [0, 0.05) is 6.04 Å². The van der Waals surface area contributed by atoms with Gasteiger partial charge in [-0.3, -0.25) is 14.9 Å². The highest BCUT2D eigenvalue weighted by atomic mass is 17.0. The van der Waals surface area contributed by atoms with Gasteiger partial charge in [0.25, 0.3) is 5.09 Å². The van der Waals surface area contributed by atoms with Crippen molar-refractivity contribution in [3.05, 3.63) is 46.0 Å². The molecule has 1 heterocycles. The third-order valence-corrected chi connectivity index (χ3v) is 7.19. The van der Waals surface area contributed by atoms with Gasteiger partial charge < -0.3 is 24.3 Å². The fourth-order valence-electron chi connectivity index (χ4n) is 5.39. The van der Waals surface area contributed by atoms with Crippen molar-refractivity contribution >= 4 is 17.8 Å². The molecule has 5 unspecified atom stereocenters. The summed E-state index contributed by atoms with van der Waals surface area (Å²) in [4.78, 5) is 54.3. The Morgan fingerprint density at radius 1 is 1.13 bits per heavy atom. The summed E-state index contributed by atoms with van der Waals surface area (Å²) in [5, 5.41) is 22.1. The molecule has 2 fully saturated rings. The van der Waals surface area contributed by atoms with Crippen LogP contribution in [0.3, 0.4) is 0 Å². The van der Waals surface area contributed by atoms with Crippen molar-refractivity contribution in [1.29, 1.82) is 0 Å². The minimum Gasteiger partial charge on any atom is -0.480 e. The Bertz CT molecular complexity index is 945. The molecule has 2 aliphatic rings. The number of nitrogens with zero attached hydrogens (tertiary/aromatic N) is 2. The largest absolute Gasteiger partial charge is 0.480 e. The highest BCUT2D eigenvalue weighted by molar-refractivity contribution is 5.88. The predicted octanol–water partition coefficient (Wildman–Crippen LogP) is 1.98. The average Bonchev–Trinajstić information content (AvgIpc) is 3.30. The Hall–Kier alpha value is -3.25. The van der Waals surface area contributed by atoms with E-state index in [0.717, 1.165) is 31.2 Å². The number of hydrogen-bond donors (Lipinski definition) is 2. The van der Waals surface area contributed by atoms with E-state index in [0.29, 0.717) is 19.3 Å². The number of carboxylic acids is 1. The van der Waals surface area contributed by atoms with E-state index < -0.39 is 35.2 Å². The zero-order valence-electron chi connectivity index (χ0n) is 21.7. The molecule has 38 heavy (non-hydrogen) atoms. The number of aryl methyl sites for hydroxylation is 1. The van der Waals surface area contributed by atoms with Crippen LogP contribution in [0.1, 0.15) is 51.0 Å². The lowest BCUT2D eigenvalue weighted by Crippen LogP contribution is -2.55. The molecule has 0 spiro atoms. The van der Waals surface area contributed by atoms with E-state index in [1.807, 2.05) is 30.3 Å². The average molecular weight is 536 g/mol. The number of carbonyl (C=O) groups excluding carboxylic acids is 2. The van der Waals surface area contributed by atoms with Crippen molar-refractivity contribution in [2.45, 2.75) is 76.0 Å². The Kier molecular flexibility index (Phi) is 11.3. The molecule has 0 radical (unpaired) electrons. The van der Waals surface area contributed by atoms with E-state index in [4.69, 9.17) is 9.47 Å². The summed E-state index contributed by atoms with van der Waals surface area (Å²) >= 11 is 0. The highest BCUT2D eigenvalue weighted by Gasteiger charge is 2.48. The first-order chi connectivity index (χ1) is 18.3. The fourth-order valence-corrected chi connectivity index (χ4v) is 5.39. The van der Waals surface area contributed by atoms with Gasteiger partial charge in [0.05, 0.1) is 19.3 Å². The number of likely N-dealkylation sites (tertiary alicyclic amines) is 1. The summed E-state index contributed by atoms with van der Waals surface area (Å²) in [6.07, 6.45) is 5.12. The molecule has 0 aromatic heterocycles. The molecule has 12 nitrogen and oxygen atoms in total. The molecular weight excluding hydrogens is 498 g/mol. The van der Waals surface area contributed by atoms with Crippen LogP contribution in [-0.4, -0.2) is 83.5 Å². The van der Waals surface area contributed by atoms with Gasteiger partial charge in [-0.1, -0.05) is 43.2 Å². The van der Waals surface area contributed by atoms with E-state index in [-0.39, 0.29) is 44.3 Å². The van der Waals surface area contributed by atoms with Crippen LogP contribution in [-0.2, 0) is 35.1 Å². The molecule has 12 heteroatoms. The van der Waals surface area contributed by atoms with Crippen LogP contribution in [0.5, 0.6) is 0 Å². The van der Waals surface area contributed by atoms with Gasteiger partial charge in [0.15, 0.2) is 0 Å². The van der Waals surface area contributed by atoms with Crippen LogP contribution in [0.2, 0.25) is 0 Å². The molecule has 210 valence electrons. The van der Waals surface area contributed by atoms with E-state index in [9.17, 15) is 29.6 Å². The van der Waals surface area contributed by atoms with Gasteiger partial charge >= 0.3 is 11.9 Å². The minimum atomic E-state index is -0.997. The minimum absolute atomic E-state index is 0.0253. The number of carboxylic acid groups (broad SMARTS) is 1. The second kappa shape index (κ2) is 14.6. The number of nitrogens with one attached hydrogen (secondary N) is 1. The van der Waals surface area contributed by atoms with Crippen LogP contribution in [0.15, 0.2) is 30.3 Å². The van der Waals surface area contributed by atoms with Gasteiger partial charge in [-0.15, -0.1) is 10.1 Å². The summed E-state index contributed by atoms with van der Waals surface area (Å²) in [5.74, 6) is -1.69. The number of amides is 1. The number of hydrogen-bond acceptors (Lipinski definition) is 9. The van der Waals surface area contributed by atoms with E-state index in [1.165, 1.54) is 4.90 Å². The summed E-state index contributed by atoms with van der Waals surface area (Å²) in [7, 11) is 0. The van der Waals surface area contributed by atoms with Gasteiger partial charge in [-0.25, -0.2) is 4.79 Å². The number of carbonyl (C=O) groups is 3. The van der Waals surface area contributed by atoms with E-state index >= 15 is 0 Å². The molecule has 1 saturated carbocycles. The zero-order valence-corrected chi connectivity index (χ0v) is 21.7. The summed E-state index contributed by atoms with van der Waals surface area (Å²) < 4.78 is 10.5. The lowest BCUT2D eigenvalue weighted by molar-refractivity contribution is -0.758. The third kappa shape index (κ3) is 8.38. The Morgan fingerprint density at radius 3 is 2.55 bits per heavy atom. The predicted molar refractivity (Wildman–Crippen MR) is 135 cm³/mol. The van der Waals surface area contributed by atoms with Crippen LogP contribution in [0.25, 0.3) is 0 Å². The lowest BCUT2D eigenvalue weighted by Gasteiger charge is -2.35. The second-order valence-electron chi connectivity index (χ2n) is 9.75. The first-order valence-corrected chi connectivity index (χ1v) is 13.1. The third-order valence-electron chi connectivity index (χ3n) is 7.19. The van der Waals surface area contributed by atoms with Crippen molar-refractivity contribution in [3.63, 3.8) is 0 Å². The van der Waals surface area contributed by atoms with Crippen molar-refractivity contribution in [2.24, 2.45) is 5.92 Å². The van der Waals surface area contributed by atoms with Gasteiger partial charge in [0.1, 0.15) is 25.3 Å². The van der Waals surface area contributed by atoms with Crippen molar-refractivity contribution < 1.29 is 38.9 Å². The Labute approximate surface area is 221 Å². The van der Waals surface area contributed by atoms with Gasteiger partial charge in [0.2, 0.25) is 5.91 Å². The number of fused-ring (bicyclic) bond motifs is 1. The molecule has 0 bridgehead atoms. The maximum absolute atomic E-state index is 13.5. The molecule has 1 aromatic rings. The first kappa shape index (κ1) is 29.3. The van der Waals surface area contributed by atoms with Crippen LogP contribution in [0, 0.1) is 16.0 Å². The van der Waals surface area contributed by atoms with Crippen LogP contribution in [0.4, 0.5) is 0 Å². The molecule has 1 amide bonds. The molecule has 3 rings (SSSR count). The standard InChI is InChI=1S/C26H37N3O9/c1-18(24(30)28-22-10-6-5-9-20(22)17-23(28)25(31)32)27-21(12-11-19-7-3-2-4-8-19)26(33)37-15-13-36-14-16-38-29(34)35/h2-4,7-8,18,20-23,27H,5-6,9-17H2,1H3,(H,31,32). The van der Waals surface area contributed by atoms with E-state index in [2.05, 4.69) is 10.2 Å². The molecule has 1 aliphatic carbocycles. The van der Waals surface area contributed by atoms with Crippen molar-refractivity contribution in [1.82, 2.24) is 10.2 Å². The fraction of sp³-hybridized carbons (Fsp3) is 0.654. The van der Waals surface area contributed by atoms with Crippen LogP contribution >= 0.6 is 0 Å².